The molecule has 0 aliphatic heterocycles. The number of halogens is 2. The van der Waals surface area contributed by atoms with Gasteiger partial charge in [0.2, 0.25) is 5.89 Å². The Morgan fingerprint density at radius 1 is 1.41 bits per heavy atom. The minimum atomic E-state index is -1.03. The van der Waals surface area contributed by atoms with Crippen LogP contribution in [0.3, 0.4) is 0 Å². The van der Waals surface area contributed by atoms with Crippen molar-refractivity contribution in [2.45, 2.75) is 13.5 Å². The number of benzene rings is 1. The third-order valence-electron chi connectivity index (χ3n) is 2.11. The van der Waals surface area contributed by atoms with Crippen LogP contribution < -0.4 is 11.1 Å². The minimum absolute atomic E-state index is 0.0748. The maximum atomic E-state index is 13.4. The topological polar surface area (TPSA) is 77.0 Å². The van der Waals surface area contributed by atoms with Gasteiger partial charge in [-0.1, -0.05) is 5.16 Å². The predicted octanol–water partition coefficient (Wildman–Crippen LogP) is 1.85. The molecule has 0 aliphatic rings. The van der Waals surface area contributed by atoms with Crippen LogP contribution in [0.15, 0.2) is 16.7 Å². The second-order valence-corrected chi connectivity index (χ2v) is 3.41. The van der Waals surface area contributed by atoms with Gasteiger partial charge in [-0.2, -0.15) is 4.98 Å². The molecule has 5 nitrogen and oxygen atoms in total. The zero-order valence-corrected chi connectivity index (χ0v) is 9.00. The van der Waals surface area contributed by atoms with Crippen molar-refractivity contribution in [1.82, 2.24) is 10.1 Å². The molecule has 0 bridgehead atoms. The Labute approximate surface area is 95.6 Å². The summed E-state index contributed by atoms with van der Waals surface area (Å²) in [6.45, 7) is 1.73. The van der Waals surface area contributed by atoms with E-state index in [4.69, 9.17) is 10.3 Å². The number of hydrogen-bond donors (Lipinski definition) is 2. The fourth-order valence-electron chi connectivity index (χ4n) is 1.32. The fraction of sp³-hybridized carbons (Fsp3) is 0.200. The first-order valence-corrected chi connectivity index (χ1v) is 4.84. The van der Waals surface area contributed by atoms with Crippen LogP contribution in [0, 0.1) is 18.6 Å². The van der Waals surface area contributed by atoms with Crippen molar-refractivity contribution >= 4 is 11.4 Å². The van der Waals surface area contributed by atoms with Gasteiger partial charge in [0, 0.05) is 0 Å². The Morgan fingerprint density at radius 2 is 2.18 bits per heavy atom. The molecule has 0 saturated carbocycles. The zero-order valence-electron chi connectivity index (χ0n) is 9.00. The first-order chi connectivity index (χ1) is 8.08. The second kappa shape index (κ2) is 4.36. The number of aryl methyl sites for hydroxylation is 1. The summed E-state index contributed by atoms with van der Waals surface area (Å²) in [6, 6.07) is 2.24. The summed E-state index contributed by atoms with van der Waals surface area (Å²) >= 11 is 0. The molecule has 0 atom stereocenters. The normalized spacial score (nSPS) is 10.5. The van der Waals surface area contributed by atoms with Gasteiger partial charge in [0.05, 0.1) is 17.9 Å². The Hall–Kier alpha value is -2.18. The molecule has 0 aliphatic carbocycles. The van der Waals surface area contributed by atoms with Crippen LogP contribution in [0.5, 0.6) is 0 Å². The number of rotatable bonds is 3. The summed E-state index contributed by atoms with van der Waals surface area (Å²) in [5.74, 6) is -1.26. The summed E-state index contributed by atoms with van der Waals surface area (Å²) in [6.07, 6.45) is 0. The average Bonchev–Trinajstić information content (AvgIpc) is 2.70. The highest BCUT2D eigenvalue weighted by Gasteiger charge is 2.12. The van der Waals surface area contributed by atoms with E-state index in [1.165, 1.54) is 6.07 Å². The van der Waals surface area contributed by atoms with Crippen LogP contribution in [0.1, 0.15) is 11.7 Å². The number of anilines is 2. The Morgan fingerprint density at radius 3 is 2.82 bits per heavy atom. The van der Waals surface area contributed by atoms with E-state index < -0.39 is 11.6 Å². The predicted molar refractivity (Wildman–Crippen MR) is 57.1 cm³/mol. The standard InChI is InChI=1S/C10H10F2N4O/c1-5-15-8(17-16-5)4-14-10-7(13)3-2-6(11)9(10)12/h2-3,14H,4,13H2,1H3. The molecule has 1 aromatic carbocycles. The van der Waals surface area contributed by atoms with Crippen molar-refractivity contribution in [3.8, 4) is 0 Å². The van der Waals surface area contributed by atoms with Crippen LogP contribution in [0.4, 0.5) is 20.2 Å². The lowest BCUT2D eigenvalue weighted by molar-refractivity contribution is 0.379. The number of nitrogens with zero attached hydrogens (tertiary/aromatic N) is 2. The lowest BCUT2D eigenvalue weighted by Crippen LogP contribution is -2.06. The molecule has 1 aromatic heterocycles. The van der Waals surface area contributed by atoms with Gasteiger partial charge in [-0.05, 0) is 19.1 Å². The number of hydrogen-bond acceptors (Lipinski definition) is 5. The molecule has 0 fully saturated rings. The molecule has 1 heterocycles. The van der Waals surface area contributed by atoms with Gasteiger partial charge in [-0.3, -0.25) is 0 Å². The molecule has 17 heavy (non-hydrogen) atoms. The molecular formula is C10H10F2N4O. The lowest BCUT2D eigenvalue weighted by atomic mass is 10.2. The van der Waals surface area contributed by atoms with E-state index in [-0.39, 0.29) is 23.8 Å². The third kappa shape index (κ3) is 2.32. The summed E-state index contributed by atoms with van der Waals surface area (Å²) < 4.78 is 31.2. The molecule has 3 N–H and O–H groups in total. The molecule has 7 heteroatoms. The van der Waals surface area contributed by atoms with Crippen molar-refractivity contribution in [2.75, 3.05) is 11.1 Å². The molecule has 0 amide bonds. The molecule has 0 spiro atoms. The van der Waals surface area contributed by atoms with Crippen LogP contribution in [0.2, 0.25) is 0 Å². The van der Waals surface area contributed by atoms with Crippen molar-refractivity contribution in [1.29, 1.82) is 0 Å². The molecular weight excluding hydrogens is 230 g/mol. The molecule has 90 valence electrons. The average molecular weight is 240 g/mol. The number of nitrogen functional groups attached to an aromatic ring is 1. The largest absolute Gasteiger partial charge is 0.397 e. The summed E-state index contributed by atoms with van der Waals surface area (Å²) in [4.78, 5) is 3.91. The van der Waals surface area contributed by atoms with Gasteiger partial charge in [0.25, 0.3) is 0 Å². The molecule has 0 unspecified atom stereocenters. The summed E-state index contributed by atoms with van der Waals surface area (Å²) in [5.41, 5.74) is 5.52. The molecule has 0 saturated heterocycles. The molecule has 0 radical (unpaired) electrons. The fourth-order valence-corrected chi connectivity index (χ4v) is 1.32. The second-order valence-electron chi connectivity index (χ2n) is 3.41. The van der Waals surface area contributed by atoms with E-state index in [0.717, 1.165) is 6.07 Å². The number of nitrogens with one attached hydrogen (secondary N) is 1. The number of nitrogens with two attached hydrogens (primary N) is 1. The molecule has 2 rings (SSSR count). The van der Waals surface area contributed by atoms with E-state index >= 15 is 0 Å². The zero-order chi connectivity index (χ0) is 12.4. The lowest BCUT2D eigenvalue weighted by Gasteiger charge is -2.08. The van der Waals surface area contributed by atoms with Crippen LogP contribution in [-0.2, 0) is 6.54 Å². The summed E-state index contributed by atoms with van der Waals surface area (Å²) in [5, 5.41) is 6.18. The van der Waals surface area contributed by atoms with Gasteiger partial charge >= 0.3 is 0 Å². The van der Waals surface area contributed by atoms with Crippen LogP contribution >= 0.6 is 0 Å². The van der Waals surface area contributed by atoms with Gasteiger partial charge in [-0.15, -0.1) is 0 Å². The van der Waals surface area contributed by atoms with Gasteiger partial charge in [-0.25, -0.2) is 8.78 Å². The van der Waals surface area contributed by atoms with Crippen molar-refractivity contribution < 1.29 is 13.3 Å². The maximum absolute atomic E-state index is 13.4. The van der Waals surface area contributed by atoms with Crippen LogP contribution in [0.25, 0.3) is 0 Å². The summed E-state index contributed by atoms with van der Waals surface area (Å²) in [7, 11) is 0. The van der Waals surface area contributed by atoms with Crippen molar-refractivity contribution in [2.24, 2.45) is 0 Å². The quantitative estimate of drug-likeness (QED) is 0.800. The highest BCUT2D eigenvalue weighted by atomic mass is 19.2. The van der Waals surface area contributed by atoms with E-state index in [1.807, 2.05) is 0 Å². The van der Waals surface area contributed by atoms with Crippen molar-refractivity contribution in [3.63, 3.8) is 0 Å². The van der Waals surface area contributed by atoms with E-state index in [0.29, 0.717) is 5.82 Å². The highest BCUT2D eigenvalue weighted by molar-refractivity contribution is 5.66. The van der Waals surface area contributed by atoms with Gasteiger partial charge < -0.3 is 15.6 Å². The van der Waals surface area contributed by atoms with Gasteiger partial charge in [0.15, 0.2) is 17.5 Å². The van der Waals surface area contributed by atoms with E-state index in [9.17, 15) is 8.78 Å². The highest BCUT2D eigenvalue weighted by Crippen LogP contribution is 2.24. The van der Waals surface area contributed by atoms with E-state index in [2.05, 4.69) is 15.5 Å². The van der Waals surface area contributed by atoms with Crippen molar-refractivity contribution in [3.05, 3.63) is 35.5 Å². The Kier molecular flexibility index (Phi) is 2.90. The SMILES string of the molecule is Cc1noc(CNc2c(N)ccc(F)c2F)n1. The van der Waals surface area contributed by atoms with Gasteiger partial charge in [0.1, 0.15) is 0 Å². The monoisotopic (exact) mass is 240 g/mol. The molecule has 2 aromatic rings. The Bertz CT molecular complexity index is 541. The maximum Gasteiger partial charge on any atom is 0.245 e. The first-order valence-electron chi connectivity index (χ1n) is 4.84. The third-order valence-corrected chi connectivity index (χ3v) is 2.11. The smallest absolute Gasteiger partial charge is 0.245 e. The van der Waals surface area contributed by atoms with Crippen LogP contribution in [-0.4, -0.2) is 10.1 Å². The Balaban J connectivity index is 2.16. The first kappa shape index (κ1) is 11.3. The van der Waals surface area contributed by atoms with E-state index in [1.54, 1.807) is 6.92 Å². The minimum Gasteiger partial charge on any atom is -0.397 e. The number of aromatic nitrogens is 2.